The molecule has 1 saturated carbocycles. The normalized spacial score (nSPS) is 25.5. The van der Waals surface area contributed by atoms with Crippen LogP contribution in [-0.4, -0.2) is 39.4 Å². The second-order valence-electron chi connectivity index (χ2n) is 10.9. The van der Waals surface area contributed by atoms with E-state index in [2.05, 4.69) is 48.9 Å². The maximum absolute atomic E-state index is 14.0. The molecule has 2 amide bonds. The fourth-order valence-electron chi connectivity index (χ4n) is 5.76. The van der Waals surface area contributed by atoms with Gasteiger partial charge in [0.05, 0.1) is 16.8 Å². The van der Waals surface area contributed by atoms with Gasteiger partial charge in [-0.15, -0.1) is 11.3 Å². The van der Waals surface area contributed by atoms with Crippen molar-refractivity contribution in [1.82, 2.24) is 14.8 Å². The largest absolute Gasteiger partial charge is 0.351 e. The molecule has 5 rings (SSSR count). The Balaban J connectivity index is 1.50. The Hall–Kier alpha value is -2.60. The zero-order valence-electron chi connectivity index (χ0n) is 21.3. The first kappa shape index (κ1) is 24.1. The van der Waals surface area contributed by atoms with E-state index in [4.69, 9.17) is 0 Å². The van der Waals surface area contributed by atoms with E-state index in [1.54, 1.807) is 11.3 Å². The van der Waals surface area contributed by atoms with Crippen molar-refractivity contribution in [3.8, 4) is 0 Å². The molecule has 0 bridgehead atoms. The number of carbonyl (C=O) groups is 2. The molecular weight excluding hydrogens is 454 g/mol. The standard InChI is InChI=1S/C29H37N3O2S/c1-5-23-15-24-26(35-23)16-25-27(33)32(17-20(3)21-9-7-6-8-10-21)29(4,18-31(24)25)28(34)30-22-13-11-19(2)12-14-22/h6-10,15-16,19-20,22H,5,11-14,17-18H2,1-4H3,(H,30,34)/t19?,20-,22?,29+/m1/s1. The van der Waals surface area contributed by atoms with E-state index in [1.165, 1.54) is 10.4 Å². The van der Waals surface area contributed by atoms with Gasteiger partial charge in [-0.25, -0.2) is 0 Å². The molecule has 3 aromatic rings. The molecule has 1 aliphatic carbocycles. The summed E-state index contributed by atoms with van der Waals surface area (Å²) < 4.78 is 3.23. The van der Waals surface area contributed by atoms with Gasteiger partial charge in [0, 0.05) is 17.5 Å². The molecular formula is C29H37N3O2S. The Morgan fingerprint density at radius 3 is 2.57 bits per heavy atom. The van der Waals surface area contributed by atoms with E-state index < -0.39 is 5.54 Å². The number of amides is 2. The van der Waals surface area contributed by atoms with Crippen LogP contribution in [-0.2, 0) is 17.8 Å². The Labute approximate surface area is 212 Å². The average Bonchev–Trinajstić information content (AvgIpc) is 3.42. The van der Waals surface area contributed by atoms with Crippen LogP contribution in [0.5, 0.6) is 0 Å². The van der Waals surface area contributed by atoms with Crippen molar-refractivity contribution in [3.05, 3.63) is 58.6 Å². The van der Waals surface area contributed by atoms with Crippen LogP contribution in [0.25, 0.3) is 10.2 Å². The van der Waals surface area contributed by atoms with Crippen LogP contribution in [0.1, 0.15) is 80.2 Å². The molecule has 6 heteroatoms. The topological polar surface area (TPSA) is 54.3 Å². The zero-order chi connectivity index (χ0) is 24.7. The van der Waals surface area contributed by atoms with Gasteiger partial charge in [0.1, 0.15) is 11.2 Å². The van der Waals surface area contributed by atoms with Crippen LogP contribution >= 0.6 is 11.3 Å². The number of hydrogen-bond acceptors (Lipinski definition) is 3. The summed E-state index contributed by atoms with van der Waals surface area (Å²) in [5.74, 6) is 0.775. The number of fused-ring (bicyclic) bond motifs is 3. The Bertz CT molecular complexity index is 1220. The lowest BCUT2D eigenvalue weighted by Crippen LogP contribution is -2.65. The number of carbonyl (C=O) groups excluding carboxylic acids is 2. The number of thiophene rings is 1. The summed E-state index contributed by atoms with van der Waals surface area (Å²) >= 11 is 1.75. The maximum atomic E-state index is 14.0. The molecule has 1 aliphatic heterocycles. The van der Waals surface area contributed by atoms with Crippen molar-refractivity contribution in [2.75, 3.05) is 6.54 Å². The van der Waals surface area contributed by atoms with Gasteiger partial charge in [0.15, 0.2) is 0 Å². The molecule has 3 heterocycles. The summed E-state index contributed by atoms with van der Waals surface area (Å²) in [6.45, 7) is 9.54. The van der Waals surface area contributed by atoms with Gasteiger partial charge in [-0.2, -0.15) is 0 Å². The second kappa shape index (κ2) is 9.45. The number of aromatic nitrogens is 1. The lowest BCUT2D eigenvalue weighted by atomic mass is 9.86. The van der Waals surface area contributed by atoms with Crippen LogP contribution in [0.3, 0.4) is 0 Å². The van der Waals surface area contributed by atoms with Crippen LogP contribution in [0, 0.1) is 5.92 Å². The number of nitrogens with zero attached hydrogens (tertiary/aromatic N) is 2. The molecule has 0 spiro atoms. The van der Waals surface area contributed by atoms with Crippen LogP contribution in [0.15, 0.2) is 42.5 Å². The van der Waals surface area contributed by atoms with Gasteiger partial charge >= 0.3 is 0 Å². The Morgan fingerprint density at radius 2 is 1.89 bits per heavy atom. The average molecular weight is 492 g/mol. The van der Waals surface area contributed by atoms with Crippen molar-refractivity contribution in [1.29, 1.82) is 0 Å². The molecule has 1 N–H and O–H groups in total. The highest BCUT2D eigenvalue weighted by atomic mass is 32.1. The van der Waals surface area contributed by atoms with Crippen LogP contribution < -0.4 is 5.32 Å². The quantitative estimate of drug-likeness (QED) is 0.461. The summed E-state index contributed by atoms with van der Waals surface area (Å²) in [6.07, 6.45) is 5.29. The lowest BCUT2D eigenvalue weighted by molar-refractivity contribution is -0.134. The fourth-order valence-corrected chi connectivity index (χ4v) is 6.80. The highest BCUT2D eigenvalue weighted by Gasteiger charge is 2.48. The third-order valence-electron chi connectivity index (χ3n) is 8.18. The van der Waals surface area contributed by atoms with E-state index in [0.29, 0.717) is 18.8 Å². The number of aryl methyl sites for hydroxylation is 1. The molecule has 2 atom stereocenters. The van der Waals surface area contributed by atoms with E-state index in [-0.39, 0.29) is 23.8 Å². The van der Waals surface area contributed by atoms with E-state index in [1.807, 2.05) is 36.1 Å². The Morgan fingerprint density at radius 1 is 1.17 bits per heavy atom. The number of benzene rings is 1. The van der Waals surface area contributed by atoms with E-state index in [9.17, 15) is 9.59 Å². The summed E-state index contributed by atoms with van der Waals surface area (Å²) in [6, 6.07) is 14.7. The maximum Gasteiger partial charge on any atom is 0.271 e. The third kappa shape index (κ3) is 4.42. The first-order valence-corrected chi connectivity index (χ1v) is 13.9. The van der Waals surface area contributed by atoms with E-state index in [0.717, 1.165) is 48.2 Å². The van der Waals surface area contributed by atoms with Gasteiger partial charge in [0.25, 0.3) is 5.91 Å². The molecule has 2 aromatic heterocycles. The predicted octanol–water partition coefficient (Wildman–Crippen LogP) is 5.98. The number of hydrogen-bond donors (Lipinski definition) is 1. The van der Waals surface area contributed by atoms with Crippen molar-refractivity contribution < 1.29 is 9.59 Å². The highest BCUT2D eigenvalue weighted by molar-refractivity contribution is 7.19. The minimum Gasteiger partial charge on any atom is -0.351 e. The molecule has 5 nitrogen and oxygen atoms in total. The summed E-state index contributed by atoms with van der Waals surface area (Å²) in [5, 5.41) is 3.36. The Kier molecular flexibility index (Phi) is 6.51. The molecule has 0 radical (unpaired) electrons. The highest BCUT2D eigenvalue weighted by Crippen LogP contribution is 2.37. The van der Waals surface area contributed by atoms with Crippen molar-refractivity contribution >= 4 is 33.4 Å². The molecule has 35 heavy (non-hydrogen) atoms. The SMILES string of the molecule is CCc1cc2c(cc3n2C[C@@](C)(C(=O)NC2CCC(C)CC2)N(C[C@@H](C)c2ccccc2)C3=O)s1. The molecule has 186 valence electrons. The minimum absolute atomic E-state index is 0.0240. The van der Waals surface area contributed by atoms with Gasteiger partial charge in [-0.3, -0.25) is 9.59 Å². The molecule has 0 unspecified atom stereocenters. The van der Waals surface area contributed by atoms with Crippen LogP contribution in [0.4, 0.5) is 0 Å². The van der Waals surface area contributed by atoms with Crippen molar-refractivity contribution in [3.63, 3.8) is 0 Å². The molecule has 1 aromatic carbocycles. The lowest BCUT2D eigenvalue weighted by Gasteiger charge is -2.46. The number of nitrogens with one attached hydrogen (secondary N) is 1. The molecule has 1 fully saturated rings. The first-order valence-electron chi connectivity index (χ1n) is 13.1. The van der Waals surface area contributed by atoms with E-state index >= 15 is 0 Å². The van der Waals surface area contributed by atoms with Gasteiger partial charge in [0.2, 0.25) is 5.91 Å². The molecule has 2 aliphatic rings. The van der Waals surface area contributed by atoms with Gasteiger partial charge < -0.3 is 14.8 Å². The van der Waals surface area contributed by atoms with Crippen LogP contribution in [0.2, 0.25) is 0 Å². The summed E-state index contributed by atoms with van der Waals surface area (Å²) in [5.41, 5.74) is 2.01. The number of rotatable bonds is 6. The first-order chi connectivity index (χ1) is 16.8. The summed E-state index contributed by atoms with van der Waals surface area (Å²) in [4.78, 5) is 31.1. The molecule has 0 saturated heterocycles. The predicted molar refractivity (Wildman–Crippen MR) is 143 cm³/mol. The third-order valence-corrected chi connectivity index (χ3v) is 9.40. The zero-order valence-corrected chi connectivity index (χ0v) is 22.2. The van der Waals surface area contributed by atoms with Crippen molar-refractivity contribution in [2.45, 2.75) is 83.8 Å². The summed E-state index contributed by atoms with van der Waals surface area (Å²) in [7, 11) is 0. The fraction of sp³-hybridized carbons (Fsp3) is 0.517. The van der Waals surface area contributed by atoms with Crippen molar-refractivity contribution in [2.24, 2.45) is 5.92 Å². The van der Waals surface area contributed by atoms with Gasteiger partial charge in [-0.05, 0) is 68.6 Å². The van der Waals surface area contributed by atoms with Gasteiger partial charge in [-0.1, -0.05) is 51.1 Å². The smallest absolute Gasteiger partial charge is 0.271 e. The monoisotopic (exact) mass is 491 g/mol. The second-order valence-corrected chi connectivity index (χ2v) is 12.0. The minimum atomic E-state index is -0.948.